The molecule has 0 fully saturated rings. The molecule has 27 heavy (non-hydrogen) atoms. The number of benzene rings is 1. The fourth-order valence-corrected chi connectivity index (χ4v) is 3.21. The Hall–Kier alpha value is -1.26. The first-order chi connectivity index (χ1) is 12.3. The highest BCUT2D eigenvalue weighted by Crippen LogP contribution is 2.23. The number of aliphatic imine (C=N–C) groups is 1. The molecule has 8 heteroatoms. The Kier molecular flexibility index (Phi) is 9.61. The van der Waals surface area contributed by atoms with Gasteiger partial charge in [-0.05, 0) is 59.9 Å². The van der Waals surface area contributed by atoms with Gasteiger partial charge in [-0.1, -0.05) is 13.0 Å². The third kappa shape index (κ3) is 7.00. The third-order valence-electron chi connectivity index (χ3n) is 4.12. The lowest BCUT2D eigenvalue weighted by atomic mass is 10.00. The number of rotatable bonds is 7. The van der Waals surface area contributed by atoms with Gasteiger partial charge in [0.1, 0.15) is 5.60 Å². The topological polar surface area (TPSA) is 56.7 Å². The van der Waals surface area contributed by atoms with Crippen LogP contribution >= 0.6 is 35.3 Å². The lowest BCUT2D eigenvalue weighted by Gasteiger charge is -2.22. The molecule has 0 amide bonds. The van der Waals surface area contributed by atoms with E-state index in [1.54, 1.807) is 13.0 Å². The van der Waals surface area contributed by atoms with Gasteiger partial charge < -0.3 is 15.7 Å². The second-order valence-corrected chi connectivity index (χ2v) is 7.22. The summed E-state index contributed by atoms with van der Waals surface area (Å²) in [6.45, 7) is 6.98. The van der Waals surface area contributed by atoms with Crippen LogP contribution in [0.5, 0.6) is 0 Å². The Morgan fingerprint density at radius 2 is 2.00 bits per heavy atom. The van der Waals surface area contributed by atoms with Crippen LogP contribution in [0, 0.1) is 11.6 Å². The van der Waals surface area contributed by atoms with Crippen LogP contribution < -0.4 is 10.6 Å². The second kappa shape index (κ2) is 10.9. The monoisotopic (exact) mass is 509 g/mol. The lowest BCUT2D eigenvalue weighted by molar-refractivity contribution is 0.0677. The Morgan fingerprint density at radius 3 is 2.59 bits per heavy atom. The van der Waals surface area contributed by atoms with Crippen LogP contribution in [0.1, 0.15) is 37.8 Å². The molecule has 1 aromatic carbocycles. The Bertz CT molecular complexity index is 739. The summed E-state index contributed by atoms with van der Waals surface area (Å²) in [5.74, 6) is -1.16. The quantitative estimate of drug-likeness (QED) is 0.298. The largest absolute Gasteiger partial charge is 0.383 e. The number of thiophene rings is 1. The molecule has 0 radical (unpaired) electrons. The maximum Gasteiger partial charge on any atom is 0.191 e. The van der Waals surface area contributed by atoms with Crippen molar-refractivity contribution in [3.8, 4) is 0 Å². The molecular weight excluding hydrogens is 483 g/mol. The maximum absolute atomic E-state index is 13.4. The molecule has 0 aliphatic heterocycles. The molecule has 3 N–H and O–H groups in total. The summed E-state index contributed by atoms with van der Waals surface area (Å²) in [5, 5.41) is 20.7. The van der Waals surface area contributed by atoms with Gasteiger partial charge in [0.25, 0.3) is 0 Å². The molecule has 0 bridgehead atoms. The number of nitrogens with one attached hydrogen (secondary N) is 2. The van der Waals surface area contributed by atoms with E-state index in [1.165, 1.54) is 17.4 Å². The first-order valence-electron chi connectivity index (χ1n) is 8.55. The van der Waals surface area contributed by atoms with E-state index in [4.69, 9.17) is 0 Å². The van der Waals surface area contributed by atoms with Crippen molar-refractivity contribution < 1.29 is 13.9 Å². The molecule has 0 aliphatic carbocycles. The molecule has 4 nitrogen and oxygen atoms in total. The molecule has 2 atom stereocenters. The van der Waals surface area contributed by atoms with Crippen molar-refractivity contribution in [2.75, 3.05) is 19.6 Å². The maximum atomic E-state index is 13.4. The van der Waals surface area contributed by atoms with Gasteiger partial charge in [0, 0.05) is 13.1 Å². The molecule has 0 aliphatic rings. The zero-order valence-corrected chi connectivity index (χ0v) is 18.8. The van der Waals surface area contributed by atoms with Gasteiger partial charge in [0.2, 0.25) is 0 Å². The first-order valence-corrected chi connectivity index (χ1v) is 9.50. The molecule has 2 rings (SSSR count). The van der Waals surface area contributed by atoms with Gasteiger partial charge in [-0.2, -0.15) is 11.3 Å². The summed E-state index contributed by atoms with van der Waals surface area (Å²) in [6.07, 6.45) is 0. The zero-order valence-electron chi connectivity index (χ0n) is 15.6. The summed E-state index contributed by atoms with van der Waals surface area (Å²) in [6, 6.07) is 5.81. The van der Waals surface area contributed by atoms with Crippen molar-refractivity contribution >= 4 is 41.3 Å². The number of aliphatic hydroxyl groups is 1. The Labute approximate surface area is 180 Å². The molecule has 0 spiro atoms. The second-order valence-electron chi connectivity index (χ2n) is 6.44. The number of nitrogens with zero attached hydrogens (tertiary/aromatic N) is 1. The predicted octanol–water partition coefficient (Wildman–Crippen LogP) is 4.21. The molecule has 1 heterocycles. The van der Waals surface area contributed by atoms with E-state index >= 15 is 0 Å². The third-order valence-corrected chi connectivity index (χ3v) is 4.80. The first kappa shape index (κ1) is 23.8. The van der Waals surface area contributed by atoms with Crippen LogP contribution in [0.2, 0.25) is 0 Å². The molecule has 0 saturated heterocycles. The van der Waals surface area contributed by atoms with Gasteiger partial charge in [-0.15, -0.1) is 24.0 Å². The van der Waals surface area contributed by atoms with Crippen LogP contribution in [0.3, 0.4) is 0 Å². The van der Waals surface area contributed by atoms with Crippen molar-refractivity contribution in [1.29, 1.82) is 0 Å². The molecule has 2 aromatic rings. The van der Waals surface area contributed by atoms with Gasteiger partial charge in [0.05, 0.1) is 6.54 Å². The zero-order chi connectivity index (χ0) is 19.2. The van der Waals surface area contributed by atoms with E-state index in [1.807, 2.05) is 30.7 Å². The summed E-state index contributed by atoms with van der Waals surface area (Å²) in [4.78, 5) is 4.45. The Morgan fingerprint density at radius 1 is 1.26 bits per heavy atom. The lowest BCUT2D eigenvalue weighted by Crippen LogP contribution is -2.40. The van der Waals surface area contributed by atoms with Crippen molar-refractivity contribution in [1.82, 2.24) is 10.6 Å². The van der Waals surface area contributed by atoms with Gasteiger partial charge >= 0.3 is 0 Å². The smallest absolute Gasteiger partial charge is 0.191 e. The predicted molar refractivity (Wildman–Crippen MR) is 118 cm³/mol. The molecule has 150 valence electrons. The minimum Gasteiger partial charge on any atom is -0.383 e. The highest BCUT2D eigenvalue weighted by Gasteiger charge is 2.23. The summed E-state index contributed by atoms with van der Waals surface area (Å²) in [5.41, 5.74) is 0.489. The number of guanidine groups is 1. The van der Waals surface area contributed by atoms with Crippen LogP contribution in [-0.4, -0.2) is 30.7 Å². The van der Waals surface area contributed by atoms with Crippen LogP contribution in [0.25, 0.3) is 0 Å². The average molecular weight is 509 g/mol. The Balaban J connectivity index is 0.00000364. The molecule has 1 aromatic heterocycles. The van der Waals surface area contributed by atoms with E-state index in [0.717, 1.165) is 11.6 Å². The summed E-state index contributed by atoms with van der Waals surface area (Å²) >= 11 is 1.53. The van der Waals surface area contributed by atoms with Crippen molar-refractivity contribution in [3.63, 3.8) is 0 Å². The van der Waals surface area contributed by atoms with Gasteiger partial charge in [-0.25, -0.2) is 13.8 Å². The van der Waals surface area contributed by atoms with Crippen molar-refractivity contribution in [2.24, 2.45) is 4.99 Å². The summed E-state index contributed by atoms with van der Waals surface area (Å²) < 4.78 is 26.4. The number of hydrogen-bond acceptors (Lipinski definition) is 3. The van der Waals surface area contributed by atoms with Crippen LogP contribution in [0.4, 0.5) is 8.78 Å². The fourth-order valence-electron chi connectivity index (χ4n) is 2.42. The minimum atomic E-state index is -1.05. The molecule has 2 unspecified atom stereocenters. The fraction of sp³-hybridized carbons (Fsp3) is 0.421. The van der Waals surface area contributed by atoms with E-state index < -0.39 is 17.2 Å². The number of hydrogen-bond donors (Lipinski definition) is 3. The summed E-state index contributed by atoms with van der Waals surface area (Å²) in [7, 11) is 0. The van der Waals surface area contributed by atoms with E-state index in [-0.39, 0.29) is 36.4 Å². The normalized spacial score (nSPS) is 14.8. The van der Waals surface area contributed by atoms with Crippen molar-refractivity contribution in [3.05, 3.63) is 57.8 Å². The molecular formula is C19H26F2IN3OS. The van der Waals surface area contributed by atoms with E-state index in [0.29, 0.717) is 24.6 Å². The number of halogens is 3. The van der Waals surface area contributed by atoms with Crippen LogP contribution in [-0.2, 0) is 5.60 Å². The minimum absolute atomic E-state index is 0. The highest BCUT2D eigenvalue weighted by molar-refractivity contribution is 14.0. The van der Waals surface area contributed by atoms with Gasteiger partial charge in [0.15, 0.2) is 17.6 Å². The van der Waals surface area contributed by atoms with Crippen LogP contribution in [0.15, 0.2) is 40.0 Å². The standard InChI is InChI=1S/C19H25F2N3OS.HI/c1-4-22-18(24-12-19(3,25)15-7-8-26-11-15)23-10-13(2)14-5-6-16(20)17(21)9-14;/h5-9,11,13,25H,4,10,12H2,1-3H3,(H2,22,23,24);1H. The molecule has 0 saturated carbocycles. The highest BCUT2D eigenvalue weighted by atomic mass is 127. The van der Waals surface area contributed by atoms with E-state index in [2.05, 4.69) is 15.6 Å². The van der Waals surface area contributed by atoms with Crippen molar-refractivity contribution in [2.45, 2.75) is 32.3 Å². The average Bonchev–Trinajstić information content (AvgIpc) is 3.15. The van der Waals surface area contributed by atoms with E-state index in [9.17, 15) is 13.9 Å². The van der Waals surface area contributed by atoms with Gasteiger partial charge in [-0.3, -0.25) is 0 Å². The SMILES string of the molecule is CCNC(=NCC(C)(O)c1ccsc1)NCC(C)c1ccc(F)c(F)c1.I.